The van der Waals surface area contributed by atoms with Crippen LogP contribution in [0, 0.1) is 5.82 Å². The molecule has 3 heterocycles. The van der Waals surface area contributed by atoms with Crippen LogP contribution in [0.2, 0.25) is 0 Å². The maximum absolute atomic E-state index is 14.0. The predicted molar refractivity (Wildman–Crippen MR) is 91.9 cm³/mol. The average Bonchev–Trinajstić information content (AvgIpc) is 2.54. The molecule has 0 aromatic carbocycles. The molecule has 3 rings (SSSR count). The van der Waals surface area contributed by atoms with Gasteiger partial charge in [-0.2, -0.15) is 0 Å². The summed E-state index contributed by atoms with van der Waals surface area (Å²) in [6.07, 6.45) is 3.87. The molecule has 0 bridgehead atoms. The standard InChI is InChI=1S/C18H26FN3O3/c1-18(2,24)11-14-7-10-22(17(23)25-14)13-5-4-9-21(12-13)16-15(19)6-3-8-20-16/h3,6,8,13-14,24H,4-5,7,9-12H2,1-2H3. The Morgan fingerprint density at radius 2 is 2.20 bits per heavy atom. The van der Waals surface area contributed by atoms with Crippen molar-refractivity contribution in [2.24, 2.45) is 0 Å². The molecular weight excluding hydrogens is 325 g/mol. The van der Waals surface area contributed by atoms with Gasteiger partial charge in [0.2, 0.25) is 0 Å². The second-order valence-electron chi connectivity index (χ2n) is 7.56. The maximum Gasteiger partial charge on any atom is 0.410 e. The highest BCUT2D eigenvalue weighted by Gasteiger charge is 2.36. The van der Waals surface area contributed by atoms with Crippen molar-refractivity contribution in [3.63, 3.8) is 0 Å². The quantitative estimate of drug-likeness (QED) is 0.903. The number of hydrogen-bond donors (Lipinski definition) is 1. The Balaban J connectivity index is 1.63. The van der Waals surface area contributed by atoms with Gasteiger partial charge in [0.25, 0.3) is 0 Å². The highest BCUT2D eigenvalue weighted by molar-refractivity contribution is 5.69. The third kappa shape index (κ3) is 4.39. The van der Waals surface area contributed by atoms with Crippen molar-refractivity contribution in [2.75, 3.05) is 24.5 Å². The number of hydrogen-bond acceptors (Lipinski definition) is 5. The Morgan fingerprint density at radius 3 is 2.88 bits per heavy atom. The highest BCUT2D eigenvalue weighted by Crippen LogP contribution is 2.27. The summed E-state index contributed by atoms with van der Waals surface area (Å²) in [6, 6.07) is 2.97. The first-order valence-electron chi connectivity index (χ1n) is 8.88. The molecule has 0 saturated carbocycles. The van der Waals surface area contributed by atoms with Crippen molar-refractivity contribution < 1.29 is 19.0 Å². The van der Waals surface area contributed by atoms with Gasteiger partial charge in [-0.25, -0.2) is 14.2 Å². The lowest BCUT2D eigenvalue weighted by atomic mass is 9.97. The van der Waals surface area contributed by atoms with E-state index in [1.54, 1.807) is 31.0 Å². The number of carbonyl (C=O) groups excluding carboxylic acids is 1. The van der Waals surface area contributed by atoms with Crippen LogP contribution >= 0.6 is 0 Å². The zero-order valence-electron chi connectivity index (χ0n) is 14.8. The number of amides is 1. The summed E-state index contributed by atoms with van der Waals surface area (Å²) < 4.78 is 19.5. The molecule has 0 aliphatic carbocycles. The molecule has 1 amide bonds. The molecule has 1 aromatic heterocycles. The Hall–Kier alpha value is -1.89. The zero-order chi connectivity index (χ0) is 18.0. The first-order valence-corrected chi connectivity index (χ1v) is 8.88. The molecule has 7 heteroatoms. The van der Waals surface area contributed by atoms with Gasteiger partial charge in [-0.1, -0.05) is 0 Å². The van der Waals surface area contributed by atoms with E-state index in [1.165, 1.54) is 6.07 Å². The Kier molecular flexibility index (Phi) is 5.13. The van der Waals surface area contributed by atoms with E-state index < -0.39 is 5.60 Å². The van der Waals surface area contributed by atoms with Crippen LogP contribution < -0.4 is 4.90 Å². The topological polar surface area (TPSA) is 65.9 Å². The predicted octanol–water partition coefficient (Wildman–Crippen LogP) is 2.56. The van der Waals surface area contributed by atoms with Crippen molar-refractivity contribution in [2.45, 2.75) is 57.3 Å². The van der Waals surface area contributed by atoms with Crippen LogP contribution in [-0.2, 0) is 4.74 Å². The first-order chi connectivity index (χ1) is 11.8. The Bertz CT molecular complexity index is 620. The maximum atomic E-state index is 14.0. The van der Waals surface area contributed by atoms with E-state index in [9.17, 15) is 14.3 Å². The van der Waals surface area contributed by atoms with E-state index in [0.29, 0.717) is 31.7 Å². The van der Waals surface area contributed by atoms with Gasteiger partial charge in [0, 0.05) is 38.7 Å². The number of anilines is 1. The number of nitrogens with zero attached hydrogens (tertiary/aromatic N) is 3. The number of carbonyl (C=O) groups is 1. The molecule has 0 radical (unpaired) electrons. The molecule has 25 heavy (non-hydrogen) atoms. The van der Waals surface area contributed by atoms with Crippen LogP contribution in [0.3, 0.4) is 0 Å². The zero-order valence-corrected chi connectivity index (χ0v) is 14.8. The molecule has 2 fully saturated rings. The van der Waals surface area contributed by atoms with E-state index in [2.05, 4.69) is 4.98 Å². The number of piperidine rings is 1. The van der Waals surface area contributed by atoms with Crippen molar-refractivity contribution in [3.8, 4) is 0 Å². The molecular formula is C18H26FN3O3. The number of ether oxygens (including phenoxy) is 1. The number of halogens is 1. The van der Waals surface area contributed by atoms with Gasteiger partial charge in [0.15, 0.2) is 11.6 Å². The summed E-state index contributed by atoms with van der Waals surface area (Å²) in [6.45, 7) is 5.32. The SMILES string of the molecule is CC(C)(O)CC1CCN(C2CCCN(c3ncccc3F)C2)C(=O)O1. The number of aromatic nitrogens is 1. The van der Waals surface area contributed by atoms with Crippen LogP contribution in [0.4, 0.5) is 15.0 Å². The van der Waals surface area contributed by atoms with Crippen LogP contribution in [0.5, 0.6) is 0 Å². The molecule has 1 N–H and O–H groups in total. The summed E-state index contributed by atoms with van der Waals surface area (Å²) in [7, 11) is 0. The summed E-state index contributed by atoms with van der Waals surface area (Å²) in [5.74, 6) is 0.00657. The average molecular weight is 351 g/mol. The fraction of sp³-hybridized carbons (Fsp3) is 0.667. The third-order valence-electron chi connectivity index (χ3n) is 4.80. The number of rotatable bonds is 4. The normalized spacial score (nSPS) is 25.0. The second kappa shape index (κ2) is 7.15. The molecule has 2 aliphatic rings. The number of pyridine rings is 1. The minimum absolute atomic E-state index is 0.00857. The lowest BCUT2D eigenvalue weighted by Crippen LogP contribution is -2.54. The van der Waals surface area contributed by atoms with Crippen LogP contribution in [0.15, 0.2) is 18.3 Å². The molecule has 138 valence electrons. The Morgan fingerprint density at radius 1 is 1.40 bits per heavy atom. The fourth-order valence-corrected chi connectivity index (χ4v) is 3.69. The summed E-state index contributed by atoms with van der Waals surface area (Å²) in [5.41, 5.74) is -0.856. The summed E-state index contributed by atoms with van der Waals surface area (Å²) in [5, 5.41) is 9.90. The largest absolute Gasteiger partial charge is 0.446 e. The lowest BCUT2D eigenvalue weighted by Gasteiger charge is -2.42. The monoisotopic (exact) mass is 351 g/mol. The minimum atomic E-state index is -0.856. The van der Waals surface area contributed by atoms with Gasteiger partial charge in [-0.05, 0) is 38.8 Å². The van der Waals surface area contributed by atoms with Crippen LogP contribution in [0.25, 0.3) is 0 Å². The van der Waals surface area contributed by atoms with Gasteiger partial charge in [0.05, 0.1) is 11.6 Å². The molecule has 0 spiro atoms. The van der Waals surface area contributed by atoms with E-state index in [0.717, 1.165) is 19.4 Å². The van der Waals surface area contributed by atoms with E-state index in [4.69, 9.17) is 4.74 Å². The summed E-state index contributed by atoms with van der Waals surface area (Å²) in [4.78, 5) is 20.2. The van der Waals surface area contributed by atoms with Gasteiger partial charge in [0.1, 0.15) is 6.10 Å². The molecule has 2 aliphatic heterocycles. The van der Waals surface area contributed by atoms with Crippen molar-refractivity contribution in [1.29, 1.82) is 0 Å². The third-order valence-corrected chi connectivity index (χ3v) is 4.80. The molecule has 2 saturated heterocycles. The first kappa shape index (κ1) is 17.9. The molecule has 2 unspecified atom stereocenters. The van der Waals surface area contributed by atoms with Gasteiger partial charge >= 0.3 is 6.09 Å². The van der Waals surface area contributed by atoms with Crippen molar-refractivity contribution in [3.05, 3.63) is 24.1 Å². The van der Waals surface area contributed by atoms with E-state index in [1.807, 2.05) is 4.90 Å². The second-order valence-corrected chi connectivity index (χ2v) is 7.56. The summed E-state index contributed by atoms with van der Waals surface area (Å²) >= 11 is 0. The van der Waals surface area contributed by atoms with Gasteiger partial charge in [-0.15, -0.1) is 0 Å². The fourth-order valence-electron chi connectivity index (χ4n) is 3.69. The van der Waals surface area contributed by atoms with Crippen LogP contribution in [0.1, 0.15) is 39.5 Å². The van der Waals surface area contributed by atoms with Crippen molar-refractivity contribution in [1.82, 2.24) is 9.88 Å². The van der Waals surface area contributed by atoms with Crippen LogP contribution in [-0.4, -0.2) is 58.5 Å². The molecule has 6 nitrogen and oxygen atoms in total. The number of aliphatic hydroxyl groups is 1. The molecule has 2 atom stereocenters. The van der Waals surface area contributed by atoms with E-state index >= 15 is 0 Å². The smallest absolute Gasteiger partial charge is 0.410 e. The number of cyclic esters (lactones) is 1. The van der Waals surface area contributed by atoms with E-state index in [-0.39, 0.29) is 24.1 Å². The lowest BCUT2D eigenvalue weighted by molar-refractivity contribution is -0.0327. The van der Waals surface area contributed by atoms with Crippen molar-refractivity contribution >= 4 is 11.9 Å². The van der Waals surface area contributed by atoms with Gasteiger partial charge in [-0.3, -0.25) is 0 Å². The Labute approximate surface area is 147 Å². The minimum Gasteiger partial charge on any atom is -0.446 e. The van der Waals surface area contributed by atoms with Gasteiger partial charge < -0.3 is 19.6 Å². The molecule has 1 aromatic rings. The highest BCUT2D eigenvalue weighted by atomic mass is 19.1.